The Morgan fingerprint density at radius 3 is 1.31 bits per heavy atom. The van der Waals surface area contributed by atoms with Crippen molar-refractivity contribution in [3.05, 3.63) is 21.8 Å². The number of amidine groups is 2. The number of anilines is 2. The molecule has 4 aromatic rings. The van der Waals surface area contributed by atoms with E-state index < -0.39 is 0 Å². The smallest absolute Gasteiger partial charge is 0.322 e. The summed E-state index contributed by atoms with van der Waals surface area (Å²) >= 11 is 0. The van der Waals surface area contributed by atoms with E-state index in [2.05, 4.69) is 71.1 Å². The van der Waals surface area contributed by atoms with Crippen LogP contribution in [0.1, 0.15) is 11.4 Å². The number of hydrazine groups is 2. The fourth-order valence-corrected chi connectivity index (χ4v) is 1.52. The predicted octanol–water partition coefficient (Wildman–Crippen LogP) is -9.36. The Morgan fingerprint density at radius 2 is 1.09 bits per heavy atom. The molecule has 0 saturated heterocycles. The van der Waals surface area contributed by atoms with Crippen molar-refractivity contribution < 1.29 is 19.5 Å². The highest BCUT2D eigenvalue weighted by Crippen LogP contribution is 2.07. The van der Waals surface area contributed by atoms with Crippen LogP contribution in [0.25, 0.3) is 11.6 Å². The van der Waals surface area contributed by atoms with Gasteiger partial charge in [0.25, 0.3) is 0 Å². The number of tetrazole rings is 2. The van der Waals surface area contributed by atoms with Crippen molar-refractivity contribution in [2.24, 2.45) is 23.2 Å². The molecule has 4 heterocycles. The second-order valence-corrected chi connectivity index (χ2v) is 4.86. The molecular formula is C8H14N20O4. The van der Waals surface area contributed by atoms with Gasteiger partial charge in [0.2, 0.25) is 34.7 Å². The minimum Gasteiger partial charge on any atom is -0.787 e. The molecule has 24 nitrogen and oxygen atoms in total. The van der Waals surface area contributed by atoms with Gasteiger partial charge in [0.05, 0.1) is 0 Å². The average molecular weight is 454 g/mol. The quantitative estimate of drug-likeness (QED) is 0.0615. The molecular weight excluding hydrogens is 440 g/mol. The lowest BCUT2D eigenvalue weighted by Gasteiger charge is -2.07. The molecule has 0 aliphatic heterocycles. The van der Waals surface area contributed by atoms with E-state index in [0.29, 0.717) is 0 Å². The van der Waals surface area contributed by atoms with Crippen molar-refractivity contribution in [3.63, 3.8) is 0 Å². The van der Waals surface area contributed by atoms with Crippen molar-refractivity contribution in [2.75, 3.05) is 11.5 Å². The zero-order valence-electron chi connectivity index (χ0n) is 15.5. The van der Waals surface area contributed by atoms with E-state index in [9.17, 15) is 10.4 Å². The summed E-state index contributed by atoms with van der Waals surface area (Å²) in [4.78, 5) is 0.111. The highest BCUT2D eigenvalue weighted by atomic mass is 16.6. The summed E-state index contributed by atoms with van der Waals surface area (Å²) in [7, 11) is 0. The van der Waals surface area contributed by atoms with Crippen molar-refractivity contribution in [2.45, 2.75) is 0 Å². The molecule has 0 fully saturated rings. The van der Waals surface area contributed by atoms with Gasteiger partial charge in [-0.2, -0.15) is 10.2 Å². The van der Waals surface area contributed by atoms with E-state index in [-0.39, 0.29) is 56.0 Å². The van der Waals surface area contributed by atoms with Crippen LogP contribution in [-0.4, -0.2) is 73.0 Å². The fourth-order valence-electron chi connectivity index (χ4n) is 1.52. The Labute approximate surface area is 173 Å². The first-order valence-electron chi connectivity index (χ1n) is 7.57. The molecule has 0 atom stereocenters. The molecule has 0 spiro atoms. The lowest BCUT2D eigenvalue weighted by atomic mass is 10.4. The number of hydrogen-bond donors (Lipinski definition) is 8. The van der Waals surface area contributed by atoms with Crippen LogP contribution in [0.3, 0.4) is 0 Å². The van der Waals surface area contributed by atoms with Gasteiger partial charge in [-0.15, -0.1) is 10.2 Å². The third-order valence-electron chi connectivity index (χ3n) is 2.93. The summed E-state index contributed by atoms with van der Waals surface area (Å²) in [6.45, 7) is 0. The number of nitrogen functional groups attached to an aromatic ring is 4. The lowest BCUT2D eigenvalue weighted by molar-refractivity contribution is -0.470. The van der Waals surface area contributed by atoms with Crippen molar-refractivity contribution >= 4 is 23.3 Å². The maximum Gasteiger partial charge on any atom is 0.322 e. The number of aromatic nitrogens is 12. The Balaban J connectivity index is 0.000000171. The van der Waals surface area contributed by atoms with E-state index in [1.807, 2.05) is 0 Å². The molecule has 24 heteroatoms. The van der Waals surface area contributed by atoms with Crippen molar-refractivity contribution in [1.29, 1.82) is 0 Å². The average Bonchev–Trinajstić information content (AvgIpc) is 3.57. The van der Waals surface area contributed by atoms with E-state index >= 15 is 0 Å². The first-order chi connectivity index (χ1) is 15.3. The molecule has 0 radical (unpaired) electrons. The van der Waals surface area contributed by atoms with Crippen molar-refractivity contribution in [3.8, 4) is 11.6 Å². The molecule has 0 aromatic carbocycles. The van der Waals surface area contributed by atoms with Crippen LogP contribution in [0.15, 0.2) is 9.26 Å². The van der Waals surface area contributed by atoms with E-state index in [4.69, 9.17) is 34.6 Å². The molecule has 0 bridgehead atoms. The number of hydrogen-bond acceptors (Lipinski definition) is 18. The largest absolute Gasteiger partial charge is 0.787 e. The maximum atomic E-state index is 10.7. The van der Waals surface area contributed by atoms with Crippen LogP contribution in [0.2, 0.25) is 0 Å². The minimum atomic E-state index is -0.324. The summed E-state index contributed by atoms with van der Waals surface area (Å²) in [5, 5.41) is 57.5. The van der Waals surface area contributed by atoms with Crippen LogP contribution in [0.5, 0.6) is 0 Å². The zero-order chi connectivity index (χ0) is 23.7. The van der Waals surface area contributed by atoms with Gasteiger partial charge < -0.3 is 21.9 Å². The number of rotatable bonds is 3. The molecule has 0 aliphatic carbocycles. The van der Waals surface area contributed by atoms with Crippen LogP contribution >= 0.6 is 0 Å². The molecule has 0 amide bonds. The number of nitrogens with two attached hydrogens (primary N) is 6. The molecule has 0 saturated carbocycles. The third-order valence-corrected chi connectivity index (χ3v) is 2.93. The van der Waals surface area contributed by atoms with Crippen LogP contribution in [0, 0.1) is 10.4 Å². The van der Waals surface area contributed by atoms with Crippen LogP contribution in [0.4, 0.5) is 11.6 Å². The van der Waals surface area contributed by atoms with Crippen LogP contribution < -0.4 is 44.8 Å². The Kier molecular flexibility index (Phi) is 7.08. The van der Waals surface area contributed by atoms with Crippen molar-refractivity contribution in [1.82, 2.24) is 61.4 Å². The molecule has 170 valence electrons. The van der Waals surface area contributed by atoms with Gasteiger partial charge in [-0.1, -0.05) is 0 Å². The molecule has 0 aliphatic rings. The first-order valence-corrected chi connectivity index (χ1v) is 7.57. The Bertz CT molecular complexity index is 1090. The second-order valence-electron chi connectivity index (χ2n) is 4.86. The molecule has 14 N–H and O–H groups in total. The van der Waals surface area contributed by atoms with Gasteiger partial charge in [0, 0.05) is 0 Å². The van der Waals surface area contributed by atoms with Crippen LogP contribution in [-0.2, 0) is 0 Å². The number of nitrogens with one attached hydrogen (secondary N) is 2. The SMILES string of the molecule is N/[NH+]=C(\N)c1nonc1N.N/[NH+]=C(\N)c1nonc1N.[O-]n1nnnc1-c1nnnn1[O-]. The highest BCUT2D eigenvalue weighted by molar-refractivity contribution is 5.95. The van der Waals surface area contributed by atoms with Gasteiger partial charge in [-0.3, -0.25) is 32.8 Å². The van der Waals surface area contributed by atoms with E-state index in [0.717, 1.165) is 0 Å². The lowest BCUT2D eigenvalue weighted by Crippen LogP contribution is -2.82. The summed E-state index contributed by atoms with van der Waals surface area (Å²) in [6, 6.07) is 0. The summed E-state index contributed by atoms with van der Waals surface area (Å²) in [5.41, 5.74) is 21.5. The molecule has 32 heavy (non-hydrogen) atoms. The maximum absolute atomic E-state index is 10.7. The van der Waals surface area contributed by atoms with Gasteiger partial charge in [0.15, 0.2) is 0 Å². The first kappa shape index (κ1) is 22.4. The van der Waals surface area contributed by atoms with Gasteiger partial charge in [0.1, 0.15) is 0 Å². The van der Waals surface area contributed by atoms with E-state index in [1.54, 1.807) is 0 Å². The summed E-state index contributed by atoms with van der Waals surface area (Å²) in [6.07, 6.45) is 0. The number of hydrazone groups is 2. The third kappa shape index (κ3) is 5.15. The standard InChI is InChI=1S/2C3H6N6O.C2N8O2/c2*4-2(7-6)1-3(5)9-10-8-1;11-9-1(3-5-7-9)2-4-6-8-10(2)12/h2*6H2,(H2,4,7)(H2,5,9);/q;;-2/p+2. The van der Waals surface area contributed by atoms with Gasteiger partial charge >= 0.3 is 11.7 Å². The minimum absolute atomic E-state index is 0.0556. The van der Waals surface area contributed by atoms with E-state index in [1.165, 1.54) is 0 Å². The summed E-state index contributed by atoms with van der Waals surface area (Å²) in [5.74, 6) is 9.72. The molecule has 4 aromatic heterocycles. The highest BCUT2D eigenvalue weighted by Gasteiger charge is 2.15. The Morgan fingerprint density at radius 1 is 0.719 bits per heavy atom. The molecule has 0 unspecified atom stereocenters. The zero-order valence-corrected chi connectivity index (χ0v) is 15.5. The molecule has 4 rings (SSSR count). The van der Waals surface area contributed by atoms with Gasteiger partial charge in [-0.25, -0.2) is 9.26 Å². The summed E-state index contributed by atoms with van der Waals surface area (Å²) < 4.78 is 8.49. The monoisotopic (exact) mass is 454 g/mol. The van der Waals surface area contributed by atoms with Gasteiger partial charge in [-0.05, 0) is 41.5 Å². The normalized spacial score (nSPS) is 11.2. The number of nitrogens with zero attached hydrogens (tertiary/aromatic N) is 12. The second kappa shape index (κ2) is 10.1. The Hall–Kier alpha value is -5.84. The fraction of sp³-hybridized carbons (Fsp3) is 0. The topological polar surface area (TPSA) is 395 Å². The predicted molar refractivity (Wildman–Crippen MR) is 96.5 cm³/mol.